The second-order valence-corrected chi connectivity index (χ2v) is 6.49. The highest BCUT2D eigenvalue weighted by atomic mass is 79.9. The molecule has 0 bridgehead atoms. The first-order valence-electron chi connectivity index (χ1n) is 5.50. The van der Waals surface area contributed by atoms with Gasteiger partial charge in [0.05, 0.1) is 15.2 Å². The molecule has 90 valence electrons. The van der Waals surface area contributed by atoms with Gasteiger partial charge in [0.2, 0.25) is 0 Å². The fraction of sp³-hybridized carbons (Fsp3) is 0.0714. The summed E-state index contributed by atoms with van der Waals surface area (Å²) in [5, 5.41) is 1.90. The monoisotopic (exact) mass is 337 g/mol. The Labute approximate surface area is 123 Å². The minimum absolute atomic E-state index is 0.770. The normalized spacial score (nSPS) is 11.0. The van der Waals surface area contributed by atoms with Crippen LogP contribution in [0.25, 0.3) is 10.2 Å². The van der Waals surface area contributed by atoms with Crippen LogP contribution in [0.5, 0.6) is 0 Å². The largest absolute Gasteiger partial charge is 0.241 e. The Morgan fingerprint density at radius 1 is 1.11 bits per heavy atom. The van der Waals surface area contributed by atoms with Crippen LogP contribution < -0.4 is 0 Å². The highest BCUT2D eigenvalue weighted by molar-refractivity contribution is 9.10. The van der Waals surface area contributed by atoms with Gasteiger partial charge >= 0.3 is 0 Å². The Bertz CT molecular complexity index is 691. The quantitative estimate of drug-likeness (QED) is 0.617. The summed E-state index contributed by atoms with van der Waals surface area (Å²) in [6.07, 6.45) is 0.855. The number of aromatic nitrogens is 1. The molecule has 4 heteroatoms. The van der Waals surface area contributed by atoms with Crippen LogP contribution in [0.4, 0.5) is 0 Å². The minimum atomic E-state index is 0.770. The predicted octanol–water partition coefficient (Wildman–Crippen LogP) is 5.30. The third-order valence-corrected chi connectivity index (χ3v) is 4.43. The van der Waals surface area contributed by atoms with Gasteiger partial charge in [-0.15, -0.1) is 11.3 Å². The smallest absolute Gasteiger partial charge is 0.0982 e. The average molecular weight is 339 g/mol. The van der Waals surface area contributed by atoms with Gasteiger partial charge in [0.25, 0.3) is 0 Å². The van der Waals surface area contributed by atoms with Crippen LogP contribution in [0.15, 0.2) is 46.9 Å². The summed E-state index contributed by atoms with van der Waals surface area (Å²) in [5.41, 5.74) is 2.30. The molecule has 3 rings (SSSR count). The van der Waals surface area contributed by atoms with Crippen LogP contribution in [0.2, 0.25) is 5.02 Å². The van der Waals surface area contributed by atoms with E-state index in [-0.39, 0.29) is 0 Å². The van der Waals surface area contributed by atoms with E-state index in [0.717, 1.165) is 26.4 Å². The molecule has 0 aliphatic rings. The number of hydrogen-bond acceptors (Lipinski definition) is 2. The first-order valence-corrected chi connectivity index (χ1v) is 7.49. The number of rotatable bonds is 2. The molecule has 0 atom stereocenters. The van der Waals surface area contributed by atoms with Crippen LogP contribution >= 0.6 is 38.9 Å². The van der Waals surface area contributed by atoms with Gasteiger partial charge < -0.3 is 0 Å². The van der Waals surface area contributed by atoms with Crippen molar-refractivity contribution in [2.45, 2.75) is 6.42 Å². The van der Waals surface area contributed by atoms with Crippen molar-refractivity contribution in [2.75, 3.05) is 0 Å². The summed E-state index contributed by atoms with van der Waals surface area (Å²) in [7, 11) is 0. The van der Waals surface area contributed by atoms with Crippen LogP contribution in [-0.2, 0) is 6.42 Å². The summed E-state index contributed by atoms with van der Waals surface area (Å²) in [6.45, 7) is 0. The second-order valence-electron chi connectivity index (χ2n) is 4.02. The standard InChI is InChI=1S/C14H9BrClNS/c15-10-3-6-12-13(8-10)18-14(17-12)7-9-1-4-11(16)5-2-9/h1-6,8H,7H2. The molecule has 0 aliphatic carbocycles. The second kappa shape index (κ2) is 5.00. The molecule has 2 aromatic carbocycles. The van der Waals surface area contributed by atoms with Gasteiger partial charge in [-0.1, -0.05) is 39.7 Å². The summed E-state index contributed by atoms with van der Waals surface area (Å²) in [4.78, 5) is 4.64. The lowest BCUT2D eigenvalue weighted by atomic mass is 10.2. The molecule has 0 N–H and O–H groups in total. The third kappa shape index (κ3) is 2.58. The molecule has 0 radical (unpaired) electrons. The molecule has 0 spiro atoms. The minimum Gasteiger partial charge on any atom is -0.241 e. The van der Waals surface area contributed by atoms with Crippen molar-refractivity contribution in [3.05, 3.63) is 62.5 Å². The van der Waals surface area contributed by atoms with Crippen molar-refractivity contribution >= 4 is 49.1 Å². The van der Waals surface area contributed by atoms with E-state index in [1.165, 1.54) is 10.3 Å². The van der Waals surface area contributed by atoms with E-state index in [0.29, 0.717) is 0 Å². The fourth-order valence-electron chi connectivity index (χ4n) is 1.80. The highest BCUT2D eigenvalue weighted by Crippen LogP contribution is 2.27. The molecule has 1 heterocycles. The summed E-state index contributed by atoms with van der Waals surface area (Å²) < 4.78 is 2.31. The Morgan fingerprint density at radius 2 is 1.89 bits per heavy atom. The maximum Gasteiger partial charge on any atom is 0.0982 e. The number of thiazole rings is 1. The first-order chi connectivity index (χ1) is 8.70. The molecule has 0 saturated carbocycles. The average Bonchev–Trinajstić information content (AvgIpc) is 2.73. The Balaban J connectivity index is 1.92. The number of hydrogen-bond donors (Lipinski definition) is 0. The molecule has 18 heavy (non-hydrogen) atoms. The predicted molar refractivity (Wildman–Crippen MR) is 81.6 cm³/mol. The van der Waals surface area contributed by atoms with Crippen molar-refractivity contribution in [3.63, 3.8) is 0 Å². The van der Waals surface area contributed by atoms with Crippen molar-refractivity contribution in [3.8, 4) is 0 Å². The molecule has 0 fully saturated rings. The van der Waals surface area contributed by atoms with E-state index in [1.54, 1.807) is 11.3 Å². The molecular weight excluding hydrogens is 330 g/mol. The van der Waals surface area contributed by atoms with E-state index in [4.69, 9.17) is 11.6 Å². The van der Waals surface area contributed by atoms with Gasteiger partial charge in [-0.2, -0.15) is 0 Å². The van der Waals surface area contributed by atoms with E-state index >= 15 is 0 Å². The number of nitrogens with zero attached hydrogens (tertiary/aromatic N) is 1. The molecule has 0 aliphatic heterocycles. The van der Waals surface area contributed by atoms with Crippen LogP contribution in [-0.4, -0.2) is 4.98 Å². The Kier molecular flexibility index (Phi) is 3.37. The zero-order valence-corrected chi connectivity index (χ0v) is 12.5. The van der Waals surface area contributed by atoms with Crippen molar-refractivity contribution in [2.24, 2.45) is 0 Å². The van der Waals surface area contributed by atoms with Gasteiger partial charge in [-0.25, -0.2) is 4.98 Å². The lowest BCUT2D eigenvalue weighted by Crippen LogP contribution is -1.85. The Hall–Kier alpha value is -0.900. The molecular formula is C14H9BrClNS. The summed E-state index contributed by atoms with van der Waals surface area (Å²) >= 11 is 11.1. The van der Waals surface area contributed by atoms with E-state index < -0.39 is 0 Å². The zero-order valence-electron chi connectivity index (χ0n) is 9.36. The number of halogens is 2. The van der Waals surface area contributed by atoms with E-state index in [1.807, 2.05) is 36.4 Å². The SMILES string of the molecule is Clc1ccc(Cc2nc3ccc(Br)cc3s2)cc1. The number of fused-ring (bicyclic) bond motifs is 1. The van der Waals surface area contributed by atoms with Gasteiger partial charge in [0.1, 0.15) is 0 Å². The summed E-state index contributed by atoms with van der Waals surface area (Å²) in [6, 6.07) is 14.1. The molecule has 3 aromatic rings. The van der Waals surface area contributed by atoms with Crippen molar-refractivity contribution in [1.29, 1.82) is 0 Å². The van der Waals surface area contributed by atoms with Crippen molar-refractivity contribution in [1.82, 2.24) is 4.98 Å². The molecule has 0 amide bonds. The fourth-order valence-corrected chi connectivity index (χ4v) is 3.48. The molecule has 1 aromatic heterocycles. The van der Waals surface area contributed by atoms with Gasteiger partial charge in [0.15, 0.2) is 0 Å². The lowest BCUT2D eigenvalue weighted by Gasteiger charge is -1.97. The first kappa shape index (κ1) is 12.2. The lowest BCUT2D eigenvalue weighted by molar-refractivity contribution is 1.16. The molecule has 1 nitrogen and oxygen atoms in total. The van der Waals surface area contributed by atoms with Gasteiger partial charge in [0, 0.05) is 15.9 Å². The zero-order chi connectivity index (χ0) is 12.5. The summed E-state index contributed by atoms with van der Waals surface area (Å²) in [5.74, 6) is 0. The van der Waals surface area contributed by atoms with Crippen LogP contribution in [0.3, 0.4) is 0 Å². The maximum absolute atomic E-state index is 5.88. The Morgan fingerprint density at radius 3 is 2.67 bits per heavy atom. The van der Waals surface area contributed by atoms with Crippen LogP contribution in [0, 0.1) is 0 Å². The van der Waals surface area contributed by atoms with Gasteiger partial charge in [-0.3, -0.25) is 0 Å². The molecule has 0 unspecified atom stereocenters. The maximum atomic E-state index is 5.88. The van der Waals surface area contributed by atoms with Crippen LogP contribution in [0.1, 0.15) is 10.6 Å². The number of benzene rings is 2. The third-order valence-electron chi connectivity index (χ3n) is 2.66. The molecule has 0 saturated heterocycles. The topological polar surface area (TPSA) is 12.9 Å². The van der Waals surface area contributed by atoms with E-state index in [2.05, 4.69) is 27.0 Å². The highest BCUT2D eigenvalue weighted by Gasteiger charge is 2.05. The van der Waals surface area contributed by atoms with Crippen molar-refractivity contribution < 1.29 is 0 Å². The van der Waals surface area contributed by atoms with Gasteiger partial charge in [-0.05, 0) is 35.9 Å². The van der Waals surface area contributed by atoms with E-state index in [9.17, 15) is 0 Å².